The van der Waals surface area contributed by atoms with Gasteiger partial charge in [-0.25, -0.2) is 8.78 Å². The van der Waals surface area contributed by atoms with E-state index < -0.39 is 11.8 Å². The number of nitrogens with one attached hydrogen (secondary N) is 1. The van der Waals surface area contributed by atoms with Crippen LogP contribution in [0, 0.1) is 11.8 Å². The van der Waals surface area contributed by atoms with Crippen LogP contribution in [0.5, 0.6) is 0 Å². The Morgan fingerprint density at radius 2 is 2.00 bits per heavy atom. The lowest BCUT2D eigenvalue weighted by Gasteiger charge is -2.27. The molecule has 3 heteroatoms. The van der Waals surface area contributed by atoms with Crippen LogP contribution in [0.25, 0.3) is 0 Å². The van der Waals surface area contributed by atoms with Crippen LogP contribution in [0.4, 0.5) is 8.78 Å². The fourth-order valence-corrected chi connectivity index (χ4v) is 1.86. The van der Waals surface area contributed by atoms with E-state index in [4.69, 9.17) is 0 Å². The predicted molar refractivity (Wildman–Crippen MR) is 45.4 cm³/mol. The molecule has 1 nitrogen and oxygen atoms in total. The Kier molecular flexibility index (Phi) is 3.04. The Morgan fingerprint density at radius 1 is 1.33 bits per heavy atom. The van der Waals surface area contributed by atoms with Crippen LogP contribution in [-0.4, -0.2) is 19.0 Å². The van der Waals surface area contributed by atoms with Crippen molar-refractivity contribution in [1.29, 1.82) is 0 Å². The monoisotopic (exact) mass is 177 g/mol. The lowest BCUT2D eigenvalue weighted by atomic mass is 9.86. The molecule has 1 fully saturated rings. The third-order valence-electron chi connectivity index (χ3n) is 2.61. The topological polar surface area (TPSA) is 12.0 Å². The summed E-state index contributed by atoms with van der Waals surface area (Å²) < 4.78 is 26.7. The molecule has 1 heterocycles. The molecule has 1 N–H and O–H groups in total. The average molecular weight is 177 g/mol. The number of hydrogen-bond donors (Lipinski definition) is 1. The zero-order valence-electron chi connectivity index (χ0n) is 7.74. The first-order valence-electron chi connectivity index (χ1n) is 4.62. The first kappa shape index (κ1) is 9.90. The molecule has 1 unspecified atom stereocenters. The lowest BCUT2D eigenvalue weighted by Crippen LogP contribution is -2.31. The summed E-state index contributed by atoms with van der Waals surface area (Å²) in [6, 6.07) is 0. The van der Waals surface area contributed by atoms with E-state index in [1.54, 1.807) is 0 Å². The Hall–Kier alpha value is -0.180. The summed E-state index contributed by atoms with van der Waals surface area (Å²) in [5.74, 6) is -2.81. The molecule has 0 bridgehead atoms. The number of hydrogen-bond acceptors (Lipinski definition) is 1. The van der Waals surface area contributed by atoms with E-state index >= 15 is 0 Å². The molecule has 0 spiro atoms. The van der Waals surface area contributed by atoms with Gasteiger partial charge in [0, 0.05) is 18.9 Å². The first-order chi connectivity index (χ1) is 5.54. The van der Waals surface area contributed by atoms with Gasteiger partial charge in [-0.3, -0.25) is 0 Å². The van der Waals surface area contributed by atoms with E-state index in [0.29, 0.717) is 13.0 Å². The highest BCUT2D eigenvalue weighted by Crippen LogP contribution is 2.36. The summed E-state index contributed by atoms with van der Waals surface area (Å²) in [5.41, 5.74) is 0. The summed E-state index contributed by atoms with van der Waals surface area (Å²) in [7, 11) is 0. The molecule has 0 aromatic carbocycles. The van der Waals surface area contributed by atoms with Crippen molar-refractivity contribution in [2.75, 3.05) is 13.1 Å². The fourth-order valence-electron chi connectivity index (χ4n) is 1.86. The van der Waals surface area contributed by atoms with Crippen molar-refractivity contribution in [3.05, 3.63) is 0 Å². The molecule has 12 heavy (non-hydrogen) atoms. The Morgan fingerprint density at radius 3 is 2.58 bits per heavy atom. The van der Waals surface area contributed by atoms with Crippen LogP contribution in [0.1, 0.15) is 26.7 Å². The van der Waals surface area contributed by atoms with Crippen LogP contribution in [0.2, 0.25) is 0 Å². The molecule has 0 radical (unpaired) electrons. The van der Waals surface area contributed by atoms with Crippen molar-refractivity contribution in [1.82, 2.24) is 5.32 Å². The van der Waals surface area contributed by atoms with Gasteiger partial charge < -0.3 is 5.32 Å². The molecule has 0 amide bonds. The standard InChI is InChI=1S/C9H17F2N/c1-7(2)8-3-5-12-6-4-9(8,10)11/h7-8,12H,3-6H2,1-2H3. The van der Waals surface area contributed by atoms with Gasteiger partial charge in [-0.05, 0) is 18.9 Å². The van der Waals surface area contributed by atoms with Crippen LogP contribution in [0.3, 0.4) is 0 Å². The summed E-state index contributed by atoms with van der Waals surface area (Å²) in [5, 5.41) is 3.01. The number of alkyl halides is 2. The lowest BCUT2D eigenvalue weighted by molar-refractivity contribution is -0.0767. The molecular formula is C9H17F2N. The van der Waals surface area contributed by atoms with Crippen molar-refractivity contribution < 1.29 is 8.78 Å². The maximum atomic E-state index is 13.3. The molecule has 0 aliphatic carbocycles. The first-order valence-corrected chi connectivity index (χ1v) is 4.62. The maximum absolute atomic E-state index is 13.3. The highest BCUT2D eigenvalue weighted by atomic mass is 19.3. The van der Waals surface area contributed by atoms with E-state index in [1.165, 1.54) is 0 Å². The van der Waals surface area contributed by atoms with Crippen LogP contribution in [0.15, 0.2) is 0 Å². The Labute approximate surface area is 72.5 Å². The molecular weight excluding hydrogens is 160 g/mol. The van der Waals surface area contributed by atoms with Gasteiger partial charge in [0.2, 0.25) is 0 Å². The molecule has 0 saturated carbocycles. The van der Waals surface area contributed by atoms with Gasteiger partial charge in [0.25, 0.3) is 5.92 Å². The minimum absolute atomic E-state index is 0.00412. The van der Waals surface area contributed by atoms with Gasteiger partial charge in [0.1, 0.15) is 0 Å². The second-order valence-corrected chi connectivity index (χ2v) is 3.90. The SMILES string of the molecule is CC(C)C1CCNCCC1(F)F. The van der Waals surface area contributed by atoms with Crippen molar-refractivity contribution in [3.8, 4) is 0 Å². The highest BCUT2D eigenvalue weighted by Gasteiger charge is 2.41. The van der Waals surface area contributed by atoms with E-state index in [1.807, 2.05) is 13.8 Å². The zero-order valence-corrected chi connectivity index (χ0v) is 7.74. The van der Waals surface area contributed by atoms with Gasteiger partial charge >= 0.3 is 0 Å². The van der Waals surface area contributed by atoms with Gasteiger partial charge in [-0.2, -0.15) is 0 Å². The molecule has 1 saturated heterocycles. The van der Waals surface area contributed by atoms with Gasteiger partial charge in [0.15, 0.2) is 0 Å². The summed E-state index contributed by atoms with van der Waals surface area (Å²) >= 11 is 0. The molecule has 1 aliphatic heterocycles. The van der Waals surface area contributed by atoms with E-state index in [0.717, 1.165) is 6.54 Å². The molecule has 0 aromatic rings. The van der Waals surface area contributed by atoms with Crippen LogP contribution in [-0.2, 0) is 0 Å². The van der Waals surface area contributed by atoms with Crippen molar-refractivity contribution >= 4 is 0 Å². The van der Waals surface area contributed by atoms with Crippen LogP contribution >= 0.6 is 0 Å². The molecule has 1 rings (SSSR count). The van der Waals surface area contributed by atoms with Gasteiger partial charge in [-0.1, -0.05) is 13.8 Å². The Balaban J connectivity index is 2.65. The van der Waals surface area contributed by atoms with Crippen LogP contribution < -0.4 is 5.32 Å². The Bertz CT molecular complexity index is 145. The normalized spacial score (nSPS) is 30.2. The second kappa shape index (κ2) is 3.69. The van der Waals surface area contributed by atoms with Crippen molar-refractivity contribution in [2.24, 2.45) is 11.8 Å². The maximum Gasteiger partial charge on any atom is 0.252 e. The smallest absolute Gasteiger partial charge is 0.252 e. The van der Waals surface area contributed by atoms with E-state index in [-0.39, 0.29) is 12.3 Å². The summed E-state index contributed by atoms with van der Waals surface area (Å²) in [6.07, 6.45) is 0.598. The molecule has 1 aliphatic rings. The quantitative estimate of drug-likeness (QED) is 0.648. The minimum Gasteiger partial charge on any atom is -0.316 e. The molecule has 0 aromatic heterocycles. The largest absolute Gasteiger partial charge is 0.316 e. The van der Waals surface area contributed by atoms with Gasteiger partial charge in [-0.15, -0.1) is 0 Å². The average Bonchev–Trinajstić information content (AvgIpc) is 2.09. The molecule has 72 valence electrons. The number of halogens is 2. The summed E-state index contributed by atoms with van der Waals surface area (Å²) in [4.78, 5) is 0. The van der Waals surface area contributed by atoms with E-state index in [9.17, 15) is 8.78 Å². The van der Waals surface area contributed by atoms with E-state index in [2.05, 4.69) is 5.32 Å². The molecule has 1 atom stereocenters. The fraction of sp³-hybridized carbons (Fsp3) is 1.00. The van der Waals surface area contributed by atoms with Crippen molar-refractivity contribution in [3.63, 3.8) is 0 Å². The summed E-state index contributed by atoms with van der Waals surface area (Å²) in [6.45, 7) is 4.95. The van der Waals surface area contributed by atoms with Crippen molar-refractivity contribution in [2.45, 2.75) is 32.6 Å². The third-order valence-corrected chi connectivity index (χ3v) is 2.61. The number of rotatable bonds is 1. The van der Waals surface area contributed by atoms with Gasteiger partial charge in [0.05, 0.1) is 0 Å². The minimum atomic E-state index is -2.46. The highest BCUT2D eigenvalue weighted by molar-refractivity contribution is 4.83. The predicted octanol–water partition coefficient (Wildman–Crippen LogP) is 2.28. The zero-order chi connectivity index (χ0) is 9.19. The third kappa shape index (κ3) is 2.16. The second-order valence-electron chi connectivity index (χ2n) is 3.90.